The van der Waals surface area contributed by atoms with Crippen LogP contribution in [0.3, 0.4) is 0 Å². The molecule has 0 aliphatic heterocycles. The number of carbonyl (C=O) groups excluding carboxylic acids is 2. The molecule has 0 aliphatic rings. The highest BCUT2D eigenvalue weighted by Gasteiger charge is 2.20. The third-order valence-corrected chi connectivity index (χ3v) is 5.90. The number of primary amides is 1. The van der Waals surface area contributed by atoms with Gasteiger partial charge in [-0.25, -0.2) is 4.98 Å². The molecule has 146 valence electrons. The lowest BCUT2D eigenvalue weighted by Gasteiger charge is -2.12. The molecule has 2 amide bonds. The van der Waals surface area contributed by atoms with E-state index in [4.69, 9.17) is 15.2 Å². The molecule has 2 heterocycles. The third kappa shape index (κ3) is 4.15. The van der Waals surface area contributed by atoms with E-state index in [0.29, 0.717) is 34.2 Å². The Bertz CT molecular complexity index is 1010. The van der Waals surface area contributed by atoms with Crippen LogP contribution in [0.15, 0.2) is 29.1 Å². The number of aromatic nitrogens is 1. The van der Waals surface area contributed by atoms with Crippen molar-refractivity contribution in [3.8, 4) is 11.5 Å². The number of nitrogens with two attached hydrogens (primary N) is 1. The Morgan fingerprint density at radius 2 is 2.04 bits per heavy atom. The van der Waals surface area contributed by atoms with Crippen molar-refractivity contribution in [2.24, 2.45) is 5.73 Å². The van der Waals surface area contributed by atoms with E-state index in [1.807, 2.05) is 12.3 Å². The fourth-order valence-corrected chi connectivity index (χ4v) is 4.18. The summed E-state index contributed by atoms with van der Waals surface area (Å²) in [6, 6.07) is 4.88. The minimum absolute atomic E-state index is 0.307. The molecule has 0 aliphatic carbocycles. The molecule has 0 saturated carbocycles. The Labute approximate surface area is 170 Å². The SMILES string of the molecule is COc1cc(C(=O)Nc2sc(C)c(C)c2C(N)=O)ccc1OCc1cscn1. The quantitative estimate of drug-likeness (QED) is 0.609. The van der Waals surface area contributed by atoms with Gasteiger partial charge in [0.05, 0.1) is 23.9 Å². The monoisotopic (exact) mass is 417 g/mol. The van der Waals surface area contributed by atoms with E-state index in [-0.39, 0.29) is 5.91 Å². The minimum atomic E-state index is -0.569. The number of thiazole rings is 1. The summed E-state index contributed by atoms with van der Waals surface area (Å²) in [5.74, 6) is -0.00199. The number of benzene rings is 1. The van der Waals surface area contributed by atoms with Crippen LogP contribution in [-0.4, -0.2) is 23.9 Å². The largest absolute Gasteiger partial charge is 0.493 e. The first-order chi connectivity index (χ1) is 13.4. The Morgan fingerprint density at radius 3 is 2.68 bits per heavy atom. The summed E-state index contributed by atoms with van der Waals surface area (Å²) in [5, 5.41) is 5.11. The van der Waals surface area contributed by atoms with E-state index in [2.05, 4.69) is 10.3 Å². The van der Waals surface area contributed by atoms with Gasteiger partial charge in [-0.2, -0.15) is 0 Å². The van der Waals surface area contributed by atoms with Crippen molar-refractivity contribution in [1.82, 2.24) is 4.98 Å². The molecule has 2 aromatic heterocycles. The molecule has 0 fully saturated rings. The second-order valence-electron chi connectivity index (χ2n) is 5.94. The number of aryl methyl sites for hydroxylation is 1. The molecule has 0 radical (unpaired) electrons. The maximum Gasteiger partial charge on any atom is 0.256 e. The first-order valence-corrected chi connectivity index (χ1v) is 10.1. The van der Waals surface area contributed by atoms with Crippen molar-refractivity contribution in [1.29, 1.82) is 0 Å². The summed E-state index contributed by atoms with van der Waals surface area (Å²) < 4.78 is 11.1. The van der Waals surface area contributed by atoms with Crippen LogP contribution in [0.1, 0.15) is 36.9 Å². The molecule has 0 unspecified atom stereocenters. The Kier molecular flexibility index (Phi) is 5.96. The molecule has 28 heavy (non-hydrogen) atoms. The number of rotatable bonds is 7. The van der Waals surface area contributed by atoms with Gasteiger partial charge in [-0.1, -0.05) is 0 Å². The van der Waals surface area contributed by atoms with Crippen LogP contribution in [0.5, 0.6) is 11.5 Å². The maximum absolute atomic E-state index is 12.7. The average molecular weight is 418 g/mol. The van der Waals surface area contributed by atoms with E-state index in [1.165, 1.54) is 29.8 Å². The van der Waals surface area contributed by atoms with Gasteiger partial charge in [-0.15, -0.1) is 22.7 Å². The number of ether oxygens (including phenoxy) is 2. The number of nitrogens with one attached hydrogen (secondary N) is 1. The normalized spacial score (nSPS) is 10.5. The summed E-state index contributed by atoms with van der Waals surface area (Å²) >= 11 is 2.81. The molecule has 7 nitrogen and oxygen atoms in total. The van der Waals surface area contributed by atoms with E-state index in [1.54, 1.807) is 30.6 Å². The zero-order chi connectivity index (χ0) is 20.3. The van der Waals surface area contributed by atoms with Crippen LogP contribution in [0, 0.1) is 13.8 Å². The van der Waals surface area contributed by atoms with Crippen LogP contribution in [0.2, 0.25) is 0 Å². The predicted molar refractivity (Wildman–Crippen MR) is 110 cm³/mol. The number of methoxy groups -OCH3 is 1. The van der Waals surface area contributed by atoms with Gasteiger partial charge in [0, 0.05) is 15.8 Å². The lowest BCUT2D eigenvalue weighted by Crippen LogP contribution is -2.17. The van der Waals surface area contributed by atoms with E-state index in [0.717, 1.165) is 16.1 Å². The van der Waals surface area contributed by atoms with Crippen molar-refractivity contribution in [2.45, 2.75) is 20.5 Å². The molecule has 3 aromatic rings. The fraction of sp³-hybridized carbons (Fsp3) is 0.211. The summed E-state index contributed by atoms with van der Waals surface area (Å²) in [4.78, 5) is 29.5. The molecule has 0 spiro atoms. The van der Waals surface area contributed by atoms with Gasteiger partial charge in [-0.3, -0.25) is 9.59 Å². The number of hydrogen-bond acceptors (Lipinski definition) is 7. The second-order valence-corrected chi connectivity index (χ2v) is 7.88. The smallest absolute Gasteiger partial charge is 0.256 e. The van der Waals surface area contributed by atoms with Crippen molar-refractivity contribution in [3.63, 3.8) is 0 Å². The number of nitrogens with zero attached hydrogens (tertiary/aromatic N) is 1. The van der Waals surface area contributed by atoms with E-state index in [9.17, 15) is 9.59 Å². The highest BCUT2D eigenvalue weighted by atomic mass is 32.1. The van der Waals surface area contributed by atoms with Gasteiger partial charge in [0.1, 0.15) is 11.6 Å². The standard InChI is InChI=1S/C19H19N3O4S2/c1-10-11(2)28-19(16(10)17(20)23)22-18(24)12-4-5-14(15(6-12)25-3)26-7-13-8-27-9-21-13/h4-6,8-9H,7H2,1-3H3,(H2,20,23)(H,22,24). The zero-order valence-electron chi connectivity index (χ0n) is 15.6. The van der Waals surface area contributed by atoms with Crippen molar-refractivity contribution in [3.05, 3.63) is 56.4 Å². The summed E-state index contributed by atoms with van der Waals surface area (Å²) in [6.07, 6.45) is 0. The number of anilines is 1. The fourth-order valence-electron chi connectivity index (χ4n) is 2.58. The minimum Gasteiger partial charge on any atom is -0.493 e. The van der Waals surface area contributed by atoms with Gasteiger partial charge in [0.15, 0.2) is 11.5 Å². The van der Waals surface area contributed by atoms with E-state index < -0.39 is 5.91 Å². The van der Waals surface area contributed by atoms with Crippen molar-refractivity contribution in [2.75, 3.05) is 12.4 Å². The first kappa shape index (κ1) is 19.8. The van der Waals surface area contributed by atoms with Gasteiger partial charge >= 0.3 is 0 Å². The lowest BCUT2D eigenvalue weighted by atomic mass is 10.1. The molecular formula is C19H19N3O4S2. The molecular weight excluding hydrogens is 398 g/mol. The molecule has 3 N–H and O–H groups in total. The molecule has 0 bridgehead atoms. The molecule has 9 heteroatoms. The van der Waals surface area contributed by atoms with Crippen molar-refractivity contribution < 1.29 is 19.1 Å². The summed E-state index contributed by atoms with van der Waals surface area (Å²) in [6.45, 7) is 3.99. The number of carbonyl (C=O) groups is 2. The molecule has 0 atom stereocenters. The Balaban J connectivity index is 1.79. The number of thiophene rings is 1. The zero-order valence-corrected chi connectivity index (χ0v) is 17.2. The molecule has 0 saturated heterocycles. The highest BCUT2D eigenvalue weighted by molar-refractivity contribution is 7.16. The van der Waals surface area contributed by atoms with Crippen molar-refractivity contribution >= 4 is 39.5 Å². The van der Waals surface area contributed by atoms with Gasteiger partial charge in [0.2, 0.25) is 0 Å². The molecule has 1 aromatic carbocycles. The second kappa shape index (κ2) is 8.41. The van der Waals surface area contributed by atoms with Gasteiger partial charge in [0.25, 0.3) is 11.8 Å². The lowest BCUT2D eigenvalue weighted by molar-refractivity contribution is 0.100. The third-order valence-electron chi connectivity index (χ3n) is 4.14. The van der Waals surface area contributed by atoms with Crippen LogP contribution in [-0.2, 0) is 6.61 Å². The predicted octanol–water partition coefficient (Wildman–Crippen LogP) is 3.76. The van der Waals surface area contributed by atoms with Gasteiger partial charge in [-0.05, 0) is 37.6 Å². The Hall–Kier alpha value is -2.91. The average Bonchev–Trinajstić information content (AvgIpc) is 3.28. The maximum atomic E-state index is 12.7. The van der Waals surface area contributed by atoms with Crippen LogP contribution in [0.25, 0.3) is 0 Å². The molecule has 3 rings (SSSR count). The summed E-state index contributed by atoms with van der Waals surface area (Å²) in [5.41, 5.74) is 9.49. The van der Waals surface area contributed by atoms with E-state index >= 15 is 0 Å². The summed E-state index contributed by atoms with van der Waals surface area (Å²) in [7, 11) is 1.50. The van der Waals surface area contributed by atoms with Gasteiger partial charge < -0.3 is 20.5 Å². The van der Waals surface area contributed by atoms with Crippen LogP contribution >= 0.6 is 22.7 Å². The van der Waals surface area contributed by atoms with Crippen LogP contribution in [0.4, 0.5) is 5.00 Å². The highest BCUT2D eigenvalue weighted by Crippen LogP contribution is 2.33. The number of hydrogen-bond donors (Lipinski definition) is 2. The first-order valence-electron chi connectivity index (χ1n) is 8.29. The Morgan fingerprint density at radius 1 is 1.25 bits per heavy atom. The topological polar surface area (TPSA) is 104 Å². The number of amides is 2. The van der Waals surface area contributed by atoms with Crippen LogP contribution < -0.4 is 20.5 Å².